The highest BCUT2D eigenvalue weighted by Gasteiger charge is 2.35. The Hall–Kier alpha value is -1.48. The highest BCUT2D eigenvalue weighted by atomic mass is 32.2. The molecule has 0 spiro atoms. The number of hydrogen-bond donors (Lipinski definition) is 2. The standard InChI is InChI=1S/C9H14N4O4S/c14-9(15)3-4-13-6-7(11-12-13)5-10-18(16,17)8-1-2-8/h6,8,10H,1-5H2,(H,14,15). The maximum absolute atomic E-state index is 11.5. The highest BCUT2D eigenvalue weighted by Crippen LogP contribution is 2.27. The first-order chi connectivity index (χ1) is 8.47. The summed E-state index contributed by atoms with van der Waals surface area (Å²) in [5.41, 5.74) is 0.476. The van der Waals surface area contributed by atoms with Gasteiger partial charge < -0.3 is 5.11 Å². The molecular weight excluding hydrogens is 260 g/mol. The topological polar surface area (TPSA) is 114 Å². The molecule has 0 bridgehead atoms. The molecule has 0 aromatic carbocycles. The second kappa shape index (κ2) is 5.02. The Balaban J connectivity index is 1.84. The van der Waals surface area contributed by atoms with Crippen LogP contribution in [-0.4, -0.2) is 39.7 Å². The van der Waals surface area contributed by atoms with Crippen molar-refractivity contribution in [3.8, 4) is 0 Å². The number of nitrogens with zero attached hydrogens (tertiary/aromatic N) is 3. The van der Waals surface area contributed by atoms with E-state index in [1.54, 1.807) is 6.20 Å². The van der Waals surface area contributed by atoms with E-state index < -0.39 is 16.0 Å². The maximum Gasteiger partial charge on any atom is 0.305 e. The van der Waals surface area contributed by atoms with Crippen molar-refractivity contribution in [3.63, 3.8) is 0 Å². The summed E-state index contributed by atoms with van der Waals surface area (Å²) in [7, 11) is -3.22. The first-order valence-electron chi connectivity index (χ1n) is 5.56. The number of carboxylic acids is 1. The molecule has 1 aliphatic carbocycles. The van der Waals surface area contributed by atoms with E-state index in [0.717, 1.165) is 0 Å². The molecule has 100 valence electrons. The van der Waals surface area contributed by atoms with Gasteiger partial charge >= 0.3 is 5.97 Å². The second-order valence-corrected chi connectivity index (χ2v) is 6.23. The summed E-state index contributed by atoms with van der Waals surface area (Å²) < 4.78 is 26.9. The van der Waals surface area contributed by atoms with Gasteiger partial charge in [0.2, 0.25) is 10.0 Å². The summed E-state index contributed by atoms with van der Waals surface area (Å²) in [5, 5.41) is 15.7. The summed E-state index contributed by atoms with van der Waals surface area (Å²) in [6.45, 7) is 0.309. The van der Waals surface area contributed by atoms with Gasteiger partial charge in [-0.05, 0) is 12.8 Å². The van der Waals surface area contributed by atoms with Crippen molar-refractivity contribution in [1.82, 2.24) is 19.7 Å². The Morgan fingerprint density at radius 3 is 2.89 bits per heavy atom. The zero-order valence-electron chi connectivity index (χ0n) is 9.61. The first-order valence-corrected chi connectivity index (χ1v) is 7.11. The summed E-state index contributed by atoms with van der Waals surface area (Å²) >= 11 is 0. The van der Waals surface area contributed by atoms with E-state index in [0.29, 0.717) is 18.5 Å². The van der Waals surface area contributed by atoms with Crippen molar-refractivity contribution in [3.05, 3.63) is 11.9 Å². The van der Waals surface area contributed by atoms with E-state index in [4.69, 9.17) is 5.11 Å². The molecule has 0 unspecified atom stereocenters. The van der Waals surface area contributed by atoms with E-state index in [2.05, 4.69) is 15.0 Å². The minimum atomic E-state index is -3.22. The highest BCUT2D eigenvalue weighted by molar-refractivity contribution is 7.90. The Bertz CT molecular complexity index is 535. The molecule has 0 atom stereocenters. The van der Waals surface area contributed by atoms with Gasteiger partial charge in [0, 0.05) is 6.20 Å². The van der Waals surface area contributed by atoms with Gasteiger partial charge in [0.05, 0.1) is 30.5 Å². The van der Waals surface area contributed by atoms with Crippen molar-refractivity contribution >= 4 is 16.0 Å². The minimum absolute atomic E-state index is 0.0450. The Labute approximate surface area is 104 Å². The van der Waals surface area contributed by atoms with E-state index in [1.165, 1.54) is 4.68 Å². The fourth-order valence-electron chi connectivity index (χ4n) is 1.41. The number of aromatic nitrogens is 3. The van der Waals surface area contributed by atoms with Crippen LogP contribution in [0, 0.1) is 0 Å². The molecule has 2 rings (SSSR count). The summed E-state index contributed by atoms with van der Waals surface area (Å²) in [6, 6.07) is 0. The van der Waals surface area contributed by atoms with Gasteiger partial charge in [-0.25, -0.2) is 13.1 Å². The van der Waals surface area contributed by atoms with Crippen LogP contribution in [0.4, 0.5) is 0 Å². The molecule has 18 heavy (non-hydrogen) atoms. The quantitative estimate of drug-likeness (QED) is 0.682. The molecule has 0 saturated heterocycles. The number of rotatable bonds is 7. The summed E-state index contributed by atoms with van der Waals surface area (Å²) in [4.78, 5) is 10.4. The van der Waals surface area contributed by atoms with Crippen LogP contribution in [0.25, 0.3) is 0 Å². The molecule has 1 aliphatic rings. The fraction of sp³-hybridized carbons (Fsp3) is 0.667. The minimum Gasteiger partial charge on any atom is -0.481 e. The molecule has 2 N–H and O–H groups in total. The molecule has 0 radical (unpaired) electrons. The SMILES string of the molecule is O=C(O)CCn1cc(CNS(=O)(=O)C2CC2)nn1. The number of aliphatic carboxylic acids is 1. The monoisotopic (exact) mass is 274 g/mol. The van der Waals surface area contributed by atoms with Crippen LogP contribution in [0.1, 0.15) is 25.0 Å². The first kappa shape index (κ1) is 13.0. The summed E-state index contributed by atoms with van der Waals surface area (Å²) in [5.74, 6) is -0.915. The van der Waals surface area contributed by atoms with Crippen LogP contribution in [0.2, 0.25) is 0 Å². The normalized spacial score (nSPS) is 15.8. The zero-order chi connectivity index (χ0) is 13.2. The summed E-state index contributed by atoms with van der Waals surface area (Å²) in [6.07, 6.45) is 2.91. The predicted molar refractivity (Wildman–Crippen MR) is 61.1 cm³/mol. The molecule has 1 fully saturated rings. The largest absolute Gasteiger partial charge is 0.481 e. The molecule has 1 aromatic heterocycles. The van der Waals surface area contributed by atoms with Gasteiger partial charge in [-0.2, -0.15) is 0 Å². The number of nitrogens with one attached hydrogen (secondary N) is 1. The van der Waals surface area contributed by atoms with Gasteiger partial charge in [0.1, 0.15) is 0 Å². The third kappa shape index (κ3) is 3.50. The van der Waals surface area contributed by atoms with Gasteiger partial charge in [0.25, 0.3) is 0 Å². The van der Waals surface area contributed by atoms with Crippen molar-refractivity contribution in [2.75, 3.05) is 0 Å². The Morgan fingerprint density at radius 2 is 2.28 bits per heavy atom. The smallest absolute Gasteiger partial charge is 0.305 e. The van der Waals surface area contributed by atoms with Gasteiger partial charge in [0.15, 0.2) is 0 Å². The van der Waals surface area contributed by atoms with Crippen LogP contribution >= 0.6 is 0 Å². The third-order valence-electron chi connectivity index (χ3n) is 2.56. The number of hydrogen-bond acceptors (Lipinski definition) is 5. The average Bonchev–Trinajstić information content (AvgIpc) is 3.06. The van der Waals surface area contributed by atoms with Crippen molar-refractivity contribution in [2.24, 2.45) is 0 Å². The van der Waals surface area contributed by atoms with E-state index in [9.17, 15) is 13.2 Å². The average molecular weight is 274 g/mol. The number of carbonyl (C=O) groups is 1. The second-order valence-electron chi connectivity index (χ2n) is 4.18. The Morgan fingerprint density at radius 1 is 1.56 bits per heavy atom. The zero-order valence-corrected chi connectivity index (χ0v) is 10.4. The van der Waals surface area contributed by atoms with Crippen LogP contribution in [0.5, 0.6) is 0 Å². The van der Waals surface area contributed by atoms with E-state index >= 15 is 0 Å². The van der Waals surface area contributed by atoms with Gasteiger partial charge in [-0.15, -0.1) is 5.10 Å². The lowest BCUT2D eigenvalue weighted by Gasteiger charge is -2.01. The molecule has 1 saturated carbocycles. The van der Waals surface area contributed by atoms with Crippen LogP contribution in [0.3, 0.4) is 0 Å². The van der Waals surface area contributed by atoms with Crippen molar-refractivity contribution in [2.45, 2.75) is 37.6 Å². The van der Waals surface area contributed by atoms with Gasteiger partial charge in [-0.3, -0.25) is 9.48 Å². The third-order valence-corrected chi connectivity index (χ3v) is 4.45. The molecule has 1 heterocycles. The number of aryl methyl sites for hydroxylation is 1. The molecule has 1 aromatic rings. The predicted octanol–water partition coefficient (Wildman–Crippen LogP) is -0.665. The van der Waals surface area contributed by atoms with Gasteiger partial charge in [-0.1, -0.05) is 5.21 Å². The molecule has 8 nitrogen and oxygen atoms in total. The molecular formula is C9H14N4O4S. The van der Waals surface area contributed by atoms with Crippen LogP contribution in [-0.2, 0) is 27.9 Å². The fourth-order valence-corrected chi connectivity index (χ4v) is 2.75. The van der Waals surface area contributed by atoms with Crippen LogP contribution < -0.4 is 4.72 Å². The molecule has 0 amide bonds. The Kier molecular flexibility index (Phi) is 3.62. The van der Waals surface area contributed by atoms with E-state index in [-0.39, 0.29) is 24.8 Å². The molecule has 0 aliphatic heterocycles. The molecule has 9 heteroatoms. The van der Waals surface area contributed by atoms with Crippen molar-refractivity contribution in [1.29, 1.82) is 0 Å². The number of sulfonamides is 1. The van der Waals surface area contributed by atoms with Crippen LogP contribution in [0.15, 0.2) is 6.20 Å². The lowest BCUT2D eigenvalue weighted by atomic mass is 10.4. The van der Waals surface area contributed by atoms with Crippen molar-refractivity contribution < 1.29 is 18.3 Å². The van der Waals surface area contributed by atoms with E-state index in [1.807, 2.05) is 0 Å². The number of carboxylic acid groups (broad SMARTS) is 1. The maximum atomic E-state index is 11.5. The lowest BCUT2D eigenvalue weighted by molar-refractivity contribution is -0.137. The lowest BCUT2D eigenvalue weighted by Crippen LogP contribution is -2.26.